The smallest absolute Gasteiger partial charge is 0.119 e. The standard InChI is InChI=1S/C15H21FN2O/c1-11(2)18-12(3)14-4-6-15(7-5-14)19-10-13(8-16)9-17/h4-8,11H,9-10,17H2,1-3H3. The van der Waals surface area contributed by atoms with Crippen molar-refractivity contribution in [3.8, 4) is 5.75 Å². The van der Waals surface area contributed by atoms with E-state index in [0.29, 0.717) is 17.7 Å². The molecule has 0 aliphatic heterocycles. The minimum atomic E-state index is 0.161. The molecule has 0 radical (unpaired) electrons. The van der Waals surface area contributed by atoms with Gasteiger partial charge in [-0.3, -0.25) is 4.99 Å². The molecule has 0 aliphatic carbocycles. The number of halogens is 1. The second-order valence-corrected chi connectivity index (χ2v) is 4.59. The number of ether oxygens (including phenoxy) is 1. The van der Waals surface area contributed by atoms with Gasteiger partial charge in [-0.25, -0.2) is 4.39 Å². The molecule has 0 amide bonds. The second-order valence-electron chi connectivity index (χ2n) is 4.59. The maximum atomic E-state index is 12.3. The summed E-state index contributed by atoms with van der Waals surface area (Å²) in [5.74, 6) is 0.689. The van der Waals surface area contributed by atoms with E-state index in [9.17, 15) is 4.39 Å². The zero-order valence-electron chi connectivity index (χ0n) is 11.7. The lowest BCUT2D eigenvalue weighted by molar-refractivity contribution is 0.347. The van der Waals surface area contributed by atoms with Crippen LogP contribution in [0.4, 0.5) is 4.39 Å². The Morgan fingerprint density at radius 1 is 1.37 bits per heavy atom. The minimum absolute atomic E-state index is 0.161. The fourth-order valence-electron chi connectivity index (χ4n) is 1.57. The summed E-state index contributed by atoms with van der Waals surface area (Å²) in [4.78, 5) is 4.48. The number of nitrogens with zero attached hydrogens (tertiary/aromatic N) is 1. The first-order valence-electron chi connectivity index (χ1n) is 6.32. The van der Waals surface area contributed by atoms with Crippen molar-refractivity contribution in [2.24, 2.45) is 10.7 Å². The lowest BCUT2D eigenvalue weighted by Crippen LogP contribution is -2.10. The zero-order chi connectivity index (χ0) is 14.3. The van der Waals surface area contributed by atoms with E-state index in [4.69, 9.17) is 10.5 Å². The molecule has 0 unspecified atom stereocenters. The first-order chi connectivity index (χ1) is 9.06. The van der Waals surface area contributed by atoms with E-state index in [0.717, 1.165) is 11.3 Å². The number of hydrogen-bond acceptors (Lipinski definition) is 3. The third-order valence-corrected chi connectivity index (χ3v) is 2.56. The highest BCUT2D eigenvalue weighted by Crippen LogP contribution is 2.14. The molecule has 104 valence electrons. The summed E-state index contributed by atoms with van der Waals surface area (Å²) in [5, 5.41) is 0. The van der Waals surface area contributed by atoms with Gasteiger partial charge >= 0.3 is 0 Å². The third kappa shape index (κ3) is 5.22. The second kappa shape index (κ2) is 7.69. The van der Waals surface area contributed by atoms with E-state index >= 15 is 0 Å². The van der Waals surface area contributed by atoms with Crippen LogP contribution in [0.25, 0.3) is 0 Å². The largest absolute Gasteiger partial charge is 0.489 e. The van der Waals surface area contributed by atoms with Gasteiger partial charge in [0.1, 0.15) is 12.4 Å². The molecule has 2 N–H and O–H groups in total. The summed E-state index contributed by atoms with van der Waals surface area (Å²) in [6.45, 7) is 6.39. The molecule has 0 spiro atoms. The van der Waals surface area contributed by atoms with Crippen molar-refractivity contribution in [2.75, 3.05) is 13.2 Å². The van der Waals surface area contributed by atoms with Gasteiger partial charge in [0, 0.05) is 23.9 Å². The van der Waals surface area contributed by atoms with Crippen molar-refractivity contribution in [3.05, 3.63) is 41.7 Å². The van der Waals surface area contributed by atoms with Crippen molar-refractivity contribution < 1.29 is 9.13 Å². The van der Waals surface area contributed by atoms with E-state index in [1.165, 1.54) is 0 Å². The maximum Gasteiger partial charge on any atom is 0.119 e. The van der Waals surface area contributed by atoms with E-state index in [2.05, 4.69) is 4.99 Å². The predicted molar refractivity (Wildman–Crippen MR) is 77.5 cm³/mol. The van der Waals surface area contributed by atoms with Crippen molar-refractivity contribution >= 4 is 5.71 Å². The molecule has 0 bridgehead atoms. The molecule has 0 atom stereocenters. The fourth-order valence-corrected chi connectivity index (χ4v) is 1.57. The number of aliphatic imine (C=N–C) groups is 1. The molecule has 0 aliphatic rings. The SMILES string of the molecule is CC(=NC(C)C)c1ccc(OCC(=CF)CN)cc1. The highest BCUT2D eigenvalue weighted by molar-refractivity contribution is 5.98. The van der Waals surface area contributed by atoms with Crippen LogP contribution >= 0.6 is 0 Å². The molecule has 0 saturated heterocycles. The van der Waals surface area contributed by atoms with Crippen LogP contribution in [0.5, 0.6) is 5.75 Å². The Kier molecular flexibility index (Phi) is 6.22. The van der Waals surface area contributed by atoms with E-state index < -0.39 is 0 Å². The van der Waals surface area contributed by atoms with Crippen LogP contribution in [0.1, 0.15) is 26.3 Å². The molecular formula is C15H21FN2O. The molecule has 0 heterocycles. The van der Waals surface area contributed by atoms with Gasteiger partial charge in [0.25, 0.3) is 0 Å². The highest BCUT2D eigenvalue weighted by atomic mass is 19.1. The first-order valence-corrected chi connectivity index (χ1v) is 6.32. The minimum Gasteiger partial charge on any atom is -0.489 e. The summed E-state index contributed by atoms with van der Waals surface area (Å²) < 4.78 is 17.8. The van der Waals surface area contributed by atoms with Crippen LogP contribution in [-0.2, 0) is 0 Å². The molecular weight excluding hydrogens is 243 g/mol. The number of hydrogen-bond donors (Lipinski definition) is 1. The average molecular weight is 264 g/mol. The van der Waals surface area contributed by atoms with Gasteiger partial charge in [-0.2, -0.15) is 0 Å². The topological polar surface area (TPSA) is 47.6 Å². The Balaban J connectivity index is 2.67. The summed E-state index contributed by atoms with van der Waals surface area (Å²) >= 11 is 0. The summed E-state index contributed by atoms with van der Waals surface area (Å²) in [7, 11) is 0. The van der Waals surface area contributed by atoms with E-state index in [-0.39, 0.29) is 19.2 Å². The molecule has 0 aromatic heterocycles. The van der Waals surface area contributed by atoms with Gasteiger partial charge in [0.05, 0.1) is 6.33 Å². The van der Waals surface area contributed by atoms with Crippen molar-refractivity contribution in [1.82, 2.24) is 0 Å². The Morgan fingerprint density at radius 2 is 2.00 bits per heavy atom. The average Bonchev–Trinajstić information content (AvgIpc) is 2.39. The van der Waals surface area contributed by atoms with Crippen LogP contribution in [-0.4, -0.2) is 24.9 Å². The molecule has 3 nitrogen and oxygen atoms in total. The van der Waals surface area contributed by atoms with Crippen LogP contribution in [0.3, 0.4) is 0 Å². The molecule has 0 saturated carbocycles. The van der Waals surface area contributed by atoms with Crippen molar-refractivity contribution in [1.29, 1.82) is 0 Å². The van der Waals surface area contributed by atoms with E-state index in [1.54, 1.807) is 0 Å². The Hall–Kier alpha value is -1.68. The predicted octanol–water partition coefficient (Wildman–Crippen LogP) is 3.09. The van der Waals surface area contributed by atoms with Gasteiger partial charge in [-0.1, -0.05) is 0 Å². The van der Waals surface area contributed by atoms with Crippen LogP contribution in [0, 0.1) is 0 Å². The van der Waals surface area contributed by atoms with Gasteiger partial charge in [0.2, 0.25) is 0 Å². The zero-order valence-corrected chi connectivity index (χ0v) is 11.7. The lowest BCUT2D eigenvalue weighted by Gasteiger charge is -2.08. The number of nitrogens with two attached hydrogens (primary N) is 1. The molecule has 0 fully saturated rings. The summed E-state index contributed by atoms with van der Waals surface area (Å²) in [5.41, 5.74) is 7.84. The normalized spacial score (nSPS) is 12.9. The van der Waals surface area contributed by atoms with Gasteiger partial charge in [0.15, 0.2) is 0 Å². The molecule has 1 aromatic carbocycles. The Morgan fingerprint density at radius 3 is 2.47 bits per heavy atom. The maximum absolute atomic E-state index is 12.3. The molecule has 19 heavy (non-hydrogen) atoms. The lowest BCUT2D eigenvalue weighted by atomic mass is 10.1. The van der Waals surface area contributed by atoms with Crippen molar-refractivity contribution in [2.45, 2.75) is 26.8 Å². The monoisotopic (exact) mass is 264 g/mol. The van der Waals surface area contributed by atoms with Crippen LogP contribution in [0.2, 0.25) is 0 Å². The Bertz CT molecular complexity index is 450. The van der Waals surface area contributed by atoms with Crippen LogP contribution in [0.15, 0.2) is 41.2 Å². The highest BCUT2D eigenvalue weighted by Gasteiger charge is 2.01. The fraction of sp³-hybridized carbons (Fsp3) is 0.400. The first kappa shape index (κ1) is 15.4. The van der Waals surface area contributed by atoms with Gasteiger partial charge in [-0.05, 0) is 50.6 Å². The van der Waals surface area contributed by atoms with Gasteiger partial charge < -0.3 is 10.5 Å². The third-order valence-electron chi connectivity index (χ3n) is 2.56. The van der Waals surface area contributed by atoms with E-state index in [1.807, 2.05) is 45.0 Å². The van der Waals surface area contributed by atoms with Crippen LogP contribution < -0.4 is 10.5 Å². The molecule has 1 aromatic rings. The quantitative estimate of drug-likeness (QED) is 0.803. The summed E-state index contributed by atoms with van der Waals surface area (Å²) in [6.07, 6.45) is 0.494. The Labute approximate surface area is 114 Å². The van der Waals surface area contributed by atoms with Gasteiger partial charge in [-0.15, -0.1) is 0 Å². The summed E-state index contributed by atoms with van der Waals surface area (Å²) in [6, 6.07) is 7.86. The van der Waals surface area contributed by atoms with Crippen molar-refractivity contribution in [3.63, 3.8) is 0 Å². The molecule has 1 rings (SSSR count). The number of benzene rings is 1. The number of rotatable bonds is 6. The molecule has 4 heteroatoms.